The lowest BCUT2D eigenvalue weighted by Gasteiger charge is -2.30. The van der Waals surface area contributed by atoms with Gasteiger partial charge in [-0.05, 0) is 18.1 Å². The van der Waals surface area contributed by atoms with E-state index in [1.165, 1.54) is 0 Å². The standard InChI is InChI=1S/C11H19NO3S/c1-8(2)16-7-10(13)12-5-3-4-9(6-12)11(14)15/h8-9H,3-7H2,1-2H3,(H,14,15)/t9-/m1/s1. The molecule has 1 atom stereocenters. The zero-order valence-electron chi connectivity index (χ0n) is 9.81. The topological polar surface area (TPSA) is 57.6 Å². The number of hydrogen-bond donors (Lipinski definition) is 1. The lowest BCUT2D eigenvalue weighted by Crippen LogP contribution is -2.43. The summed E-state index contributed by atoms with van der Waals surface area (Å²) in [5.74, 6) is -0.621. The highest BCUT2D eigenvalue weighted by Gasteiger charge is 2.27. The van der Waals surface area contributed by atoms with Crippen LogP contribution in [0.5, 0.6) is 0 Å². The highest BCUT2D eigenvalue weighted by atomic mass is 32.2. The third kappa shape index (κ3) is 4.04. The Balaban J connectivity index is 2.41. The third-order valence-electron chi connectivity index (χ3n) is 2.66. The van der Waals surface area contributed by atoms with Crippen LogP contribution in [0.2, 0.25) is 0 Å². The molecule has 1 aliphatic rings. The van der Waals surface area contributed by atoms with Gasteiger partial charge in [-0.25, -0.2) is 0 Å². The summed E-state index contributed by atoms with van der Waals surface area (Å²) in [5.41, 5.74) is 0. The van der Waals surface area contributed by atoms with Crippen molar-refractivity contribution in [1.82, 2.24) is 4.90 Å². The molecule has 1 heterocycles. The third-order valence-corrected chi connectivity index (χ3v) is 3.74. The van der Waals surface area contributed by atoms with E-state index in [0.717, 1.165) is 6.42 Å². The summed E-state index contributed by atoms with van der Waals surface area (Å²) in [5, 5.41) is 9.35. The van der Waals surface area contributed by atoms with E-state index >= 15 is 0 Å². The second kappa shape index (κ2) is 6.13. The van der Waals surface area contributed by atoms with Gasteiger partial charge in [0.25, 0.3) is 0 Å². The van der Waals surface area contributed by atoms with Crippen molar-refractivity contribution in [2.45, 2.75) is 31.9 Å². The summed E-state index contributed by atoms with van der Waals surface area (Å²) in [6, 6.07) is 0. The fourth-order valence-corrected chi connectivity index (χ4v) is 2.39. The molecule has 1 aliphatic heterocycles. The van der Waals surface area contributed by atoms with Gasteiger partial charge in [0, 0.05) is 13.1 Å². The number of hydrogen-bond acceptors (Lipinski definition) is 3. The molecule has 0 spiro atoms. The second-order valence-electron chi connectivity index (χ2n) is 4.38. The van der Waals surface area contributed by atoms with Gasteiger partial charge < -0.3 is 10.0 Å². The van der Waals surface area contributed by atoms with E-state index in [-0.39, 0.29) is 11.8 Å². The molecule has 0 bridgehead atoms. The number of carbonyl (C=O) groups is 2. The summed E-state index contributed by atoms with van der Waals surface area (Å²) >= 11 is 1.60. The van der Waals surface area contributed by atoms with Gasteiger partial charge in [0.2, 0.25) is 5.91 Å². The number of rotatable bonds is 4. The van der Waals surface area contributed by atoms with Crippen LogP contribution in [0.15, 0.2) is 0 Å². The van der Waals surface area contributed by atoms with Crippen molar-refractivity contribution in [2.24, 2.45) is 5.92 Å². The number of likely N-dealkylation sites (tertiary alicyclic amines) is 1. The average molecular weight is 245 g/mol. The van der Waals surface area contributed by atoms with Crippen LogP contribution in [0, 0.1) is 5.92 Å². The molecule has 0 saturated carbocycles. The number of carboxylic acids is 1. The molecule has 0 aliphatic carbocycles. The quantitative estimate of drug-likeness (QED) is 0.814. The first-order valence-electron chi connectivity index (χ1n) is 5.63. The summed E-state index contributed by atoms with van der Waals surface area (Å²) in [4.78, 5) is 24.3. The molecule has 4 nitrogen and oxygen atoms in total. The van der Waals surface area contributed by atoms with Crippen molar-refractivity contribution in [3.63, 3.8) is 0 Å². The van der Waals surface area contributed by atoms with Crippen molar-refractivity contribution in [2.75, 3.05) is 18.8 Å². The first kappa shape index (κ1) is 13.4. The van der Waals surface area contributed by atoms with Crippen LogP contribution in [-0.2, 0) is 9.59 Å². The summed E-state index contributed by atoms with van der Waals surface area (Å²) in [6.45, 7) is 5.19. The van der Waals surface area contributed by atoms with Gasteiger partial charge in [0.1, 0.15) is 0 Å². The normalized spacial score (nSPS) is 21.2. The van der Waals surface area contributed by atoms with Gasteiger partial charge in [-0.1, -0.05) is 13.8 Å². The van der Waals surface area contributed by atoms with Crippen molar-refractivity contribution in [3.05, 3.63) is 0 Å². The van der Waals surface area contributed by atoms with E-state index in [1.807, 2.05) is 13.8 Å². The Kier molecular flexibility index (Phi) is 5.12. The number of carboxylic acid groups (broad SMARTS) is 1. The number of thioether (sulfide) groups is 1. The number of amides is 1. The van der Waals surface area contributed by atoms with Gasteiger partial charge in [-0.3, -0.25) is 9.59 Å². The minimum Gasteiger partial charge on any atom is -0.481 e. The van der Waals surface area contributed by atoms with Crippen molar-refractivity contribution in [3.8, 4) is 0 Å². The Morgan fingerprint density at radius 1 is 1.50 bits per heavy atom. The van der Waals surface area contributed by atoms with Gasteiger partial charge in [-0.15, -0.1) is 11.8 Å². The zero-order valence-corrected chi connectivity index (χ0v) is 10.6. The van der Waals surface area contributed by atoms with E-state index in [1.54, 1.807) is 16.7 Å². The molecule has 1 amide bonds. The molecular weight excluding hydrogens is 226 g/mol. The summed E-state index contributed by atoms with van der Waals surface area (Å²) in [7, 11) is 0. The van der Waals surface area contributed by atoms with Gasteiger partial charge in [0.15, 0.2) is 0 Å². The van der Waals surface area contributed by atoms with Crippen molar-refractivity contribution in [1.29, 1.82) is 0 Å². The minimum absolute atomic E-state index is 0.0738. The van der Waals surface area contributed by atoms with Crippen LogP contribution >= 0.6 is 11.8 Å². The lowest BCUT2D eigenvalue weighted by molar-refractivity contribution is -0.145. The maximum atomic E-state index is 11.8. The van der Waals surface area contributed by atoms with Gasteiger partial charge in [0.05, 0.1) is 11.7 Å². The van der Waals surface area contributed by atoms with Crippen LogP contribution in [0.25, 0.3) is 0 Å². The monoisotopic (exact) mass is 245 g/mol. The average Bonchev–Trinajstić information content (AvgIpc) is 2.26. The summed E-state index contributed by atoms with van der Waals surface area (Å²) in [6.07, 6.45) is 1.49. The Labute approximate surface area is 100 Å². The molecule has 0 aromatic carbocycles. The van der Waals surface area contributed by atoms with Crippen molar-refractivity contribution < 1.29 is 14.7 Å². The largest absolute Gasteiger partial charge is 0.481 e. The fraction of sp³-hybridized carbons (Fsp3) is 0.818. The Bertz CT molecular complexity index is 268. The second-order valence-corrected chi connectivity index (χ2v) is 5.94. The molecule has 1 N–H and O–H groups in total. The molecule has 92 valence electrons. The van der Waals surface area contributed by atoms with Crippen LogP contribution < -0.4 is 0 Å². The first-order chi connectivity index (χ1) is 7.50. The van der Waals surface area contributed by atoms with E-state index in [2.05, 4.69) is 0 Å². The molecule has 0 aromatic rings. The molecular formula is C11H19NO3S. The smallest absolute Gasteiger partial charge is 0.308 e. The van der Waals surface area contributed by atoms with Crippen LogP contribution in [0.4, 0.5) is 0 Å². The van der Waals surface area contributed by atoms with Crippen LogP contribution in [0.1, 0.15) is 26.7 Å². The van der Waals surface area contributed by atoms with Crippen LogP contribution in [0.3, 0.4) is 0 Å². The molecule has 0 unspecified atom stereocenters. The van der Waals surface area contributed by atoms with Crippen LogP contribution in [-0.4, -0.2) is 46.0 Å². The zero-order chi connectivity index (χ0) is 12.1. The fourth-order valence-electron chi connectivity index (χ4n) is 1.73. The molecule has 16 heavy (non-hydrogen) atoms. The molecule has 1 fully saturated rings. The Hall–Kier alpha value is -0.710. The minimum atomic E-state index is -0.783. The molecule has 0 radical (unpaired) electrons. The van der Waals surface area contributed by atoms with E-state index in [0.29, 0.717) is 30.5 Å². The molecule has 1 saturated heterocycles. The highest BCUT2D eigenvalue weighted by Crippen LogP contribution is 2.18. The van der Waals surface area contributed by atoms with E-state index in [4.69, 9.17) is 5.11 Å². The Morgan fingerprint density at radius 2 is 2.19 bits per heavy atom. The lowest BCUT2D eigenvalue weighted by atomic mass is 9.98. The SMILES string of the molecule is CC(C)SCC(=O)N1CCC[C@@H](C(=O)O)C1. The predicted octanol–water partition coefficient (Wildman–Crippen LogP) is 1.45. The predicted molar refractivity (Wildman–Crippen MR) is 64.5 cm³/mol. The number of carbonyl (C=O) groups excluding carboxylic acids is 1. The summed E-state index contributed by atoms with van der Waals surface area (Å²) < 4.78 is 0. The highest BCUT2D eigenvalue weighted by molar-refractivity contribution is 8.00. The first-order valence-corrected chi connectivity index (χ1v) is 6.67. The molecule has 5 heteroatoms. The van der Waals surface area contributed by atoms with E-state index in [9.17, 15) is 9.59 Å². The number of piperidine rings is 1. The van der Waals surface area contributed by atoms with E-state index < -0.39 is 5.97 Å². The molecule has 1 rings (SSSR count). The number of aliphatic carboxylic acids is 1. The van der Waals surface area contributed by atoms with Crippen molar-refractivity contribution >= 4 is 23.6 Å². The van der Waals surface area contributed by atoms with Gasteiger partial charge >= 0.3 is 5.97 Å². The maximum absolute atomic E-state index is 11.8. The number of nitrogens with zero attached hydrogens (tertiary/aromatic N) is 1. The molecule has 0 aromatic heterocycles. The van der Waals surface area contributed by atoms with Gasteiger partial charge in [-0.2, -0.15) is 0 Å². The Morgan fingerprint density at radius 3 is 2.75 bits per heavy atom. The maximum Gasteiger partial charge on any atom is 0.308 e.